The minimum absolute atomic E-state index is 0.0657. The number of likely N-dealkylation sites (N-methyl/N-ethyl adjacent to an activating group) is 1. The molecule has 0 fully saturated rings. The standard InChI is InChI=1S/C23H31F3N4O/c1-27-22(29-15-21(30(2)3)13-18-7-5-4-6-8-18)28-14-19-9-11-20(12-10-19)16-31-17-23(24,25)26/h4-12,21H,13-17H2,1-3H3,(H2,27,28,29). The average Bonchev–Trinajstić information content (AvgIpc) is 2.73. The molecule has 0 saturated carbocycles. The highest BCUT2D eigenvalue weighted by Gasteiger charge is 2.27. The van der Waals surface area contributed by atoms with E-state index in [1.165, 1.54) is 5.56 Å². The van der Waals surface area contributed by atoms with Crippen LogP contribution in [0.3, 0.4) is 0 Å². The van der Waals surface area contributed by atoms with Gasteiger partial charge in [0.1, 0.15) is 6.61 Å². The van der Waals surface area contributed by atoms with Crippen molar-refractivity contribution in [2.45, 2.75) is 31.8 Å². The Morgan fingerprint density at radius 1 is 0.968 bits per heavy atom. The number of ether oxygens (including phenoxy) is 1. The van der Waals surface area contributed by atoms with Crippen molar-refractivity contribution in [2.75, 3.05) is 34.3 Å². The fourth-order valence-corrected chi connectivity index (χ4v) is 2.98. The Kier molecular flexibility index (Phi) is 9.81. The van der Waals surface area contributed by atoms with Gasteiger partial charge in [-0.05, 0) is 37.2 Å². The molecule has 0 aliphatic rings. The monoisotopic (exact) mass is 436 g/mol. The predicted molar refractivity (Wildman–Crippen MR) is 118 cm³/mol. The molecule has 0 bridgehead atoms. The summed E-state index contributed by atoms with van der Waals surface area (Å²) in [6.45, 7) is -0.0218. The van der Waals surface area contributed by atoms with Crippen molar-refractivity contribution in [3.63, 3.8) is 0 Å². The normalized spacial score (nSPS) is 13.3. The molecule has 0 aliphatic heterocycles. The highest BCUT2D eigenvalue weighted by atomic mass is 19.4. The van der Waals surface area contributed by atoms with Crippen molar-refractivity contribution < 1.29 is 17.9 Å². The van der Waals surface area contributed by atoms with Crippen LogP contribution in [0.4, 0.5) is 13.2 Å². The second-order valence-corrected chi connectivity index (χ2v) is 7.54. The molecule has 31 heavy (non-hydrogen) atoms. The summed E-state index contributed by atoms with van der Waals surface area (Å²) in [5.74, 6) is 0.692. The SMILES string of the molecule is CN=C(NCc1ccc(COCC(F)(F)F)cc1)NCC(Cc1ccccc1)N(C)C. The first-order chi connectivity index (χ1) is 14.8. The van der Waals surface area contributed by atoms with E-state index in [0.717, 1.165) is 18.5 Å². The van der Waals surface area contributed by atoms with Gasteiger partial charge in [-0.15, -0.1) is 0 Å². The zero-order valence-corrected chi connectivity index (χ0v) is 18.2. The number of nitrogens with zero attached hydrogens (tertiary/aromatic N) is 2. The Hall–Kier alpha value is -2.58. The van der Waals surface area contributed by atoms with Crippen molar-refractivity contribution in [3.05, 3.63) is 71.3 Å². The summed E-state index contributed by atoms with van der Waals surface area (Å²) in [6.07, 6.45) is -3.38. The van der Waals surface area contributed by atoms with Crippen molar-refractivity contribution in [1.29, 1.82) is 0 Å². The van der Waals surface area contributed by atoms with Gasteiger partial charge in [-0.1, -0.05) is 54.6 Å². The smallest absolute Gasteiger partial charge is 0.367 e. The number of hydrogen-bond acceptors (Lipinski definition) is 3. The van der Waals surface area contributed by atoms with Gasteiger partial charge in [0.25, 0.3) is 0 Å². The molecule has 5 nitrogen and oxygen atoms in total. The first-order valence-corrected chi connectivity index (χ1v) is 10.1. The molecule has 0 saturated heterocycles. The van der Waals surface area contributed by atoms with E-state index in [2.05, 4.69) is 51.5 Å². The number of alkyl halides is 3. The van der Waals surface area contributed by atoms with E-state index in [1.54, 1.807) is 19.2 Å². The second kappa shape index (κ2) is 12.3. The molecule has 1 atom stereocenters. The van der Waals surface area contributed by atoms with Crippen LogP contribution in [0.25, 0.3) is 0 Å². The first-order valence-electron chi connectivity index (χ1n) is 10.1. The van der Waals surface area contributed by atoms with Gasteiger partial charge in [-0.2, -0.15) is 13.2 Å². The van der Waals surface area contributed by atoms with Crippen LogP contribution >= 0.6 is 0 Å². The summed E-state index contributed by atoms with van der Waals surface area (Å²) in [5, 5.41) is 6.63. The molecular weight excluding hydrogens is 405 g/mol. The van der Waals surface area contributed by atoms with Crippen LogP contribution in [0.1, 0.15) is 16.7 Å². The van der Waals surface area contributed by atoms with Crippen molar-refractivity contribution in [2.24, 2.45) is 4.99 Å². The van der Waals surface area contributed by atoms with Gasteiger partial charge >= 0.3 is 6.18 Å². The number of guanidine groups is 1. The quantitative estimate of drug-likeness (QED) is 0.441. The molecule has 0 amide bonds. The molecule has 2 rings (SSSR count). The van der Waals surface area contributed by atoms with Gasteiger partial charge in [0.15, 0.2) is 5.96 Å². The molecule has 2 aromatic carbocycles. The van der Waals surface area contributed by atoms with E-state index in [0.29, 0.717) is 24.1 Å². The van der Waals surface area contributed by atoms with Gasteiger partial charge in [0, 0.05) is 26.2 Å². The van der Waals surface area contributed by atoms with Gasteiger partial charge in [0.05, 0.1) is 6.61 Å². The largest absolute Gasteiger partial charge is 0.411 e. The lowest BCUT2D eigenvalue weighted by Crippen LogP contribution is -2.45. The Morgan fingerprint density at radius 3 is 2.19 bits per heavy atom. The Bertz CT molecular complexity index is 793. The van der Waals surface area contributed by atoms with Crippen LogP contribution < -0.4 is 10.6 Å². The topological polar surface area (TPSA) is 48.9 Å². The lowest BCUT2D eigenvalue weighted by Gasteiger charge is -2.25. The van der Waals surface area contributed by atoms with Crippen LogP contribution in [0, 0.1) is 0 Å². The number of halogens is 3. The van der Waals surface area contributed by atoms with Gasteiger partial charge in [-0.25, -0.2) is 0 Å². The highest BCUT2D eigenvalue weighted by Crippen LogP contribution is 2.16. The number of benzene rings is 2. The van der Waals surface area contributed by atoms with E-state index in [-0.39, 0.29) is 6.61 Å². The maximum Gasteiger partial charge on any atom is 0.411 e. The lowest BCUT2D eigenvalue weighted by molar-refractivity contribution is -0.176. The molecule has 2 aromatic rings. The van der Waals surface area contributed by atoms with Crippen molar-refractivity contribution in [3.8, 4) is 0 Å². The molecule has 0 heterocycles. The summed E-state index contributed by atoms with van der Waals surface area (Å²) in [6, 6.07) is 17.9. The van der Waals surface area contributed by atoms with Crippen LogP contribution in [-0.2, 0) is 24.3 Å². The summed E-state index contributed by atoms with van der Waals surface area (Å²) >= 11 is 0. The molecule has 170 valence electrons. The van der Waals surface area contributed by atoms with Crippen molar-refractivity contribution >= 4 is 5.96 Å². The number of nitrogens with one attached hydrogen (secondary N) is 2. The van der Waals surface area contributed by atoms with Crippen molar-refractivity contribution in [1.82, 2.24) is 15.5 Å². The van der Waals surface area contributed by atoms with Gasteiger partial charge in [-0.3, -0.25) is 4.99 Å². The van der Waals surface area contributed by atoms with Crippen LogP contribution in [0.15, 0.2) is 59.6 Å². The Labute approximate surface area is 182 Å². The van der Waals surface area contributed by atoms with E-state index in [9.17, 15) is 13.2 Å². The molecule has 8 heteroatoms. The zero-order valence-electron chi connectivity index (χ0n) is 18.2. The first kappa shape index (κ1) is 24.7. The fraction of sp³-hybridized carbons (Fsp3) is 0.435. The summed E-state index contributed by atoms with van der Waals surface area (Å²) in [4.78, 5) is 6.46. The zero-order chi connectivity index (χ0) is 22.7. The Balaban J connectivity index is 1.79. The molecule has 0 radical (unpaired) electrons. The maximum absolute atomic E-state index is 12.1. The third-order valence-electron chi connectivity index (χ3n) is 4.79. The number of hydrogen-bond donors (Lipinski definition) is 2. The summed E-state index contributed by atoms with van der Waals surface area (Å²) in [7, 11) is 5.84. The summed E-state index contributed by atoms with van der Waals surface area (Å²) in [5.41, 5.74) is 2.98. The molecule has 0 spiro atoms. The minimum atomic E-state index is -4.31. The second-order valence-electron chi connectivity index (χ2n) is 7.54. The number of rotatable bonds is 10. The Morgan fingerprint density at radius 2 is 1.61 bits per heavy atom. The van der Waals surface area contributed by atoms with E-state index in [1.807, 2.05) is 30.3 Å². The predicted octanol–water partition coefficient (Wildman–Crippen LogP) is 3.60. The maximum atomic E-state index is 12.1. The molecule has 0 aliphatic carbocycles. The average molecular weight is 437 g/mol. The minimum Gasteiger partial charge on any atom is -0.367 e. The fourth-order valence-electron chi connectivity index (χ4n) is 2.98. The van der Waals surface area contributed by atoms with Gasteiger partial charge < -0.3 is 20.3 Å². The van der Waals surface area contributed by atoms with E-state index < -0.39 is 12.8 Å². The molecule has 0 aromatic heterocycles. The highest BCUT2D eigenvalue weighted by molar-refractivity contribution is 5.79. The van der Waals surface area contributed by atoms with Gasteiger partial charge in [0.2, 0.25) is 0 Å². The molecule has 2 N–H and O–H groups in total. The lowest BCUT2D eigenvalue weighted by atomic mass is 10.1. The third kappa shape index (κ3) is 9.85. The van der Waals surface area contributed by atoms with Crippen LogP contribution in [0.2, 0.25) is 0 Å². The van der Waals surface area contributed by atoms with E-state index in [4.69, 9.17) is 0 Å². The third-order valence-corrected chi connectivity index (χ3v) is 4.79. The number of aliphatic imine (C=N–C) groups is 1. The molecular formula is C23H31F3N4O. The van der Waals surface area contributed by atoms with Crippen LogP contribution in [0.5, 0.6) is 0 Å². The van der Waals surface area contributed by atoms with Crippen LogP contribution in [-0.4, -0.2) is 57.4 Å². The molecule has 1 unspecified atom stereocenters. The van der Waals surface area contributed by atoms with E-state index >= 15 is 0 Å². The summed E-state index contributed by atoms with van der Waals surface area (Å²) < 4.78 is 41.1.